The van der Waals surface area contributed by atoms with E-state index in [4.69, 9.17) is 5.11 Å². The van der Waals surface area contributed by atoms with E-state index in [1.807, 2.05) is 0 Å². The SMILES string of the molecule is COc1c([N+](=O)[O-])ccc(CC(=O)O)c1F. The fourth-order valence-electron chi connectivity index (χ4n) is 1.22. The monoisotopic (exact) mass is 229 g/mol. The van der Waals surface area contributed by atoms with Crippen LogP contribution in [-0.2, 0) is 11.2 Å². The lowest BCUT2D eigenvalue weighted by atomic mass is 10.1. The van der Waals surface area contributed by atoms with Gasteiger partial charge in [-0.3, -0.25) is 14.9 Å². The summed E-state index contributed by atoms with van der Waals surface area (Å²) >= 11 is 0. The predicted octanol–water partition coefficient (Wildman–Crippen LogP) is 1.37. The van der Waals surface area contributed by atoms with Gasteiger partial charge < -0.3 is 9.84 Å². The molecule has 0 bridgehead atoms. The molecule has 0 aliphatic rings. The Kier molecular flexibility index (Phi) is 3.39. The molecule has 0 amide bonds. The molecule has 0 spiro atoms. The molecule has 0 saturated carbocycles. The van der Waals surface area contributed by atoms with E-state index in [0.29, 0.717) is 0 Å². The number of aliphatic carboxylic acids is 1. The lowest BCUT2D eigenvalue weighted by molar-refractivity contribution is -0.386. The molecule has 0 heterocycles. The first-order valence-electron chi connectivity index (χ1n) is 4.19. The number of nitrogens with zero attached hydrogens (tertiary/aromatic N) is 1. The quantitative estimate of drug-likeness (QED) is 0.622. The summed E-state index contributed by atoms with van der Waals surface area (Å²) in [7, 11) is 1.08. The molecule has 1 aromatic carbocycles. The van der Waals surface area contributed by atoms with Crippen molar-refractivity contribution in [2.75, 3.05) is 7.11 Å². The lowest BCUT2D eigenvalue weighted by Crippen LogP contribution is -2.05. The number of nitro groups is 1. The molecule has 0 aromatic heterocycles. The van der Waals surface area contributed by atoms with Crippen molar-refractivity contribution in [1.29, 1.82) is 0 Å². The Morgan fingerprint density at radius 2 is 2.25 bits per heavy atom. The molecule has 0 saturated heterocycles. The number of hydrogen-bond acceptors (Lipinski definition) is 4. The van der Waals surface area contributed by atoms with Crippen LogP contribution in [0, 0.1) is 15.9 Å². The number of benzene rings is 1. The van der Waals surface area contributed by atoms with Gasteiger partial charge in [0.25, 0.3) is 0 Å². The molecule has 7 heteroatoms. The van der Waals surface area contributed by atoms with E-state index in [9.17, 15) is 19.3 Å². The molecule has 0 radical (unpaired) electrons. The van der Waals surface area contributed by atoms with E-state index in [0.717, 1.165) is 19.2 Å². The van der Waals surface area contributed by atoms with Gasteiger partial charge in [-0.05, 0) is 6.07 Å². The van der Waals surface area contributed by atoms with E-state index in [1.165, 1.54) is 0 Å². The molecule has 0 fully saturated rings. The second kappa shape index (κ2) is 4.56. The molecule has 1 rings (SSSR count). The Balaban J connectivity index is 3.28. The number of carboxylic acids is 1. The summed E-state index contributed by atoms with van der Waals surface area (Å²) in [6.45, 7) is 0. The molecule has 0 aliphatic carbocycles. The summed E-state index contributed by atoms with van der Waals surface area (Å²) in [6.07, 6.45) is -0.555. The van der Waals surface area contributed by atoms with Gasteiger partial charge in [-0.15, -0.1) is 0 Å². The maximum absolute atomic E-state index is 13.6. The van der Waals surface area contributed by atoms with E-state index in [2.05, 4.69) is 4.74 Å². The van der Waals surface area contributed by atoms with Crippen molar-refractivity contribution >= 4 is 11.7 Å². The second-order valence-corrected chi connectivity index (χ2v) is 2.92. The Morgan fingerprint density at radius 1 is 1.62 bits per heavy atom. The molecule has 1 aromatic rings. The topological polar surface area (TPSA) is 89.7 Å². The third-order valence-electron chi connectivity index (χ3n) is 1.90. The van der Waals surface area contributed by atoms with E-state index < -0.39 is 34.6 Å². The maximum atomic E-state index is 13.6. The number of hydrogen-bond donors (Lipinski definition) is 1. The van der Waals surface area contributed by atoms with Crippen LogP contribution < -0.4 is 4.74 Å². The van der Waals surface area contributed by atoms with Crippen LogP contribution in [0.25, 0.3) is 0 Å². The number of methoxy groups -OCH3 is 1. The number of ether oxygens (including phenoxy) is 1. The molecule has 86 valence electrons. The van der Waals surface area contributed by atoms with Crippen LogP contribution in [0.4, 0.5) is 10.1 Å². The Bertz CT molecular complexity index is 446. The third-order valence-corrected chi connectivity index (χ3v) is 1.90. The average Bonchev–Trinajstić information content (AvgIpc) is 2.19. The zero-order chi connectivity index (χ0) is 12.3. The first kappa shape index (κ1) is 11.9. The van der Waals surface area contributed by atoms with Crippen molar-refractivity contribution in [2.45, 2.75) is 6.42 Å². The largest absolute Gasteiger partial charge is 0.488 e. The number of carboxylic acid groups (broad SMARTS) is 1. The van der Waals surface area contributed by atoms with E-state index in [-0.39, 0.29) is 5.56 Å². The summed E-state index contributed by atoms with van der Waals surface area (Å²) in [4.78, 5) is 20.1. The molecule has 0 aliphatic heterocycles. The molecule has 6 nitrogen and oxygen atoms in total. The Labute approximate surface area is 89.4 Å². The van der Waals surface area contributed by atoms with Crippen LogP contribution in [-0.4, -0.2) is 23.1 Å². The van der Waals surface area contributed by atoms with Crippen molar-refractivity contribution < 1.29 is 24.0 Å². The first-order chi connectivity index (χ1) is 7.47. The normalized spacial score (nSPS) is 9.88. The zero-order valence-electron chi connectivity index (χ0n) is 8.27. The van der Waals surface area contributed by atoms with Gasteiger partial charge >= 0.3 is 11.7 Å². The van der Waals surface area contributed by atoms with Crippen molar-refractivity contribution in [1.82, 2.24) is 0 Å². The van der Waals surface area contributed by atoms with Gasteiger partial charge in [-0.2, -0.15) is 0 Å². The number of carbonyl (C=O) groups is 1. The van der Waals surface area contributed by atoms with Crippen LogP contribution in [0.1, 0.15) is 5.56 Å². The van der Waals surface area contributed by atoms with Gasteiger partial charge in [0.2, 0.25) is 5.75 Å². The molecule has 1 N–H and O–H groups in total. The average molecular weight is 229 g/mol. The summed E-state index contributed by atoms with van der Waals surface area (Å²) < 4.78 is 18.1. The van der Waals surface area contributed by atoms with Crippen molar-refractivity contribution in [3.8, 4) is 5.75 Å². The van der Waals surface area contributed by atoms with Crippen LogP contribution in [0.2, 0.25) is 0 Å². The smallest absolute Gasteiger partial charge is 0.314 e. The minimum atomic E-state index is -1.23. The fraction of sp³-hybridized carbons (Fsp3) is 0.222. The maximum Gasteiger partial charge on any atom is 0.314 e. The highest BCUT2D eigenvalue weighted by Crippen LogP contribution is 2.31. The summed E-state index contributed by atoms with van der Waals surface area (Å²) in [5, 5.41) is 19.0. The number of rotatable bonds is 4. The minimum absolute atomic E-state index is 0.157. The highest BCUT2D eigenvalue weighted by atomic mass is 19.1. The first-order valence-corrected chi connectivity index (χ1v) is 4.19. The van der Waals surface area contributed by atoms with Crippen LogP contribution in [0.3, 0.4) is 0 Å². The molecule has 16 heavy (non-hydrogen) atoms. The second-order valence-electron chi connectivity index (χ2n) is 2.92. The van der Waals surface area contributed by atoms with Gasteiger partial charge in [-0.1, -0.05) is 0 Å². The standard InChI is InChI=1S/C9H8FNO5/c1-16-9-6(11(14)15)3-2-5(8(9)10)4-7(12)13/h2-3H,4H2,1H3,(H,12,13). The van der Waals surface area contributed by atoms with E-state index in [1.54, 1.807) is 0 Å². The molecular formula is C9H8FNO5. The van der Waals surface area contributed by atoms with Gasteiger partial charge in [0, 0.05) is 11.6 Å². The molecule has 0 atom stereocenters. The molecule has 0 unspecified atom stereocenters. The van der Waals surface area contributed by atoms with Gasteiger partial charge in [0.1, 0.15) is 0 Å². The third kappa shape index (κ3) is 2.25. The minimum Gasteiger partial charge on any atom is -0.488 e. The predicted molar refractivity (Wildman–Crippen MR) is 50.9 cm³/mol. The van der Waals surface area contributed by atoms with Crippen molar-refractivity contribution in [3.05, 3.63) is 33.6 Å². The summed E-state index contributed by atoms with van der Waals surface area (Å²) in [5.41, 5.74) is -0.691. The number of nitro benzene ring substituents is 1. The summed E-state index contributed by atoms with van der Waals surface area (Å²) in [5.74, 6) is -2.79. The number of halogens is 1. The zero-order valence-corrected chi connectivity index (χ0v) is 8.27. The van der Waals surface area contributed by atoms with Crippen LogP contribution in [0.5, 0.6) is 5.75 Å². The van der Waals surface area contributed by atoms with Crippen LogP contribution in [0.15, 0.2) is 12.1 Å². The van der Waals surface area contributed by atoms with Gasteiger partial charge in [0.15, 0.2) is 5.82 Å². The Hall–Kier alpha value is -2.18. The lowest BCUT2D eigenvalue weighted by Gasteiger charge is -2.06. The van der Waals surface area contributed by atoms with Crippen molar-refractivity contribution in [2.24, 2.45) is 0 Å². The van der Waals surface area contributed by atoms with Gasteiger partial charge in [0.05, 0.1) is 18.5 Å². The summed E-state index contributed by atoms with van der Waals surface area (Å²) in [6, 6.07) is 2.07. The van der Waals surface area contributed by atoms with Crippen LogP contribution >= 0.6 is 0 Å². The Morgan fingerprint density at radius 3 is 2.69 bits per heavy atom. The van der Waals surface area contributed by atoms with E-state index >= 15 is 0 Å². The highest BCUT2D eigenvalue weighted by molar-refractivity contribution is 5.71. The highest BCUT2D eigenvalue weighted by Gasteiger charge is 2.22. The van der Waals surface area contributed by atoms with Gasteiger partial charge in [-0.25, -0.2) is 4.39 Å². The fourth-order valence-corrected chi connectivity index (χ4v) is 1.22. The van der Waals surface area contributed by atoms with Crippen molar-refractivity contribution in [3.63, 3.8) is 0 Å². The molecular weight excluding hydrogens is 221 g/mol.